The van der Waals surface area contributed by atoms with Gasteiger partial charge in [0.05, 0.1) is 22.4 Å². The number of hydrogen-bond donors (Lipinski definition) is 2. The van der Waals surface area contributed by atoms with E-state index in [4.69, 9.17) is 16.7 Å². The molecule has 29 heavy (non-hydrogen) atoms. The topological polar surface area (TPSA) is 59.0 Å². The van der Waals surface area contributed by atoms with E-state index >= 15 is 0 Å². The minimum absolute atomic E-state index is 0.0349. The zero-order valence-corrected chi connectivity index (χ0v) is 16.6. The Kier molecular flexibility index (Phi) is 5.92. The van der Waals surface area contributed by atoms with Crippen LogP contribution in [0.3, 0.4) is 0 Å². The number of nitrogens with one attached hydrogen (secondary N) is 2. The summed E-state index contributed by atoms with van der Waals surface area (Å²) >= 11 is 6.42. The van der Waals surface area contributed by atoms with Crippen molar-refractivity contribution in [1.29, 1.82) is 0 Å². The number of aromatic nitrogens is 2. The van der Waals surface area contributed by atoms with Crippen LogP contribution in [0.5, 0.6) is 0 Å². The molecule has 2 N–H and O–H groups in total. The summed E-state index contributed by atoms with van der Waals surface area (Å²) in [7, 11) is 0. The van der Waals surface area contributed by atoms with Crippen molar-refractivity contribution in [3.8, 4) is 16.9 Å². The van der Waals surface area contributed by atoms with E-state index < -0.39 is 0 Å². The molecule has 0 radical (unpaired) electrons. The highest BCUT2D eigenvalue weighted by molar-refractivity contribution is 6.33. The molecule has 3 aromatic rings. The lowest BCUT2D eigenvalue weighted by atomic mass is 10.1. The van der Waals surface area contributed by atoms with Crippen LogP contribution in [0.1, 0.15) is 24.8 Å². The van der Waals surface area contributed by atoms with Gasteiger partial charge in [0.1, 0.15) is 5.82 Å². The van der Waals surface area contributed by atoms with Crippen molar-refractivity contribution >= 4 is 17.5 Å². The molecule has 2 heterocycles. The Hall–Kier alpha value is -2.70. The Bertz CT molecular complexity index is 1000. The summed E-state index contributed by atoms with van der Waals surface area (Å²) in [5.74, 6) is -0.263. The van der Waals surface area contributed by atoms with E-state index in [9.17, 15) is 9.18 Å². The molecule has 5 nitrogen and oxygen atoms in total. The number of carbonyl (C=O) groups excluding carboxylic acids is 1. The molecule has 0 spiro atoms. The molecular formula is C22H22ClFN4O. The fourth-order valence-corrected chi connectivity index (χ4v) is 3.74. The summed E-state index contributed by atoms with van der Waals surface area (Å²) in [5, 5.41) is 11.6. The van der Waals surface area contributed by atoms with Crippen LogP contribution in [-0.4, -0.2) is 28.3 Å². The number of amides is 1. The molecule has 0 saturated carbocycles. The first-order valence-corrected chi connectivity index (χ1v) is 10.1. The standard InChI is InChI=1S/C22H22ClFN4O/c23-19-6-2-1-5-18(19)21-15(13-26-20-7-3-4-12-25-22(20)29)14-28(27-21)17-10-8-16(24)9-11-17/h1-2,5-6,8-11,14,20,26H,3-4,7,12-13H2,(H,25,29)/t20-/m0/s1. The van der Waals surface area contributed by atoms with Gasteiger partial charge in [-0.05, 0) is 49.6 Å². The number of hydrogen-bond acceptors (Lipinski definition) is 3. The quantitative estimate of drug-likeness (QED) is 0.663. The van der Waals surface area contributed by atoms with Gasteiger partial charge in [-0.1, -0.05) is 29.8 Å². The van der Waals surface area contributed by atoms with Crippen LogP contribution in [0.25, 0.3) is 16.9 Å². The molecule has 4 rings (SSSR count). The highest BCUT2D eigenvalue weighted by Gasteiger charge is 2.21. The monoisotopic (exact) mass is 412 g/mol. The van der Waals surface area contributed by atoms with E-state index in [0.29, 0.717) is 11.6 Å². The van der Waals surface area contributed by atoms with Gasteiger partial charge in [-0.15, -0.1) is 0 Å². The van der Waals surface area contributed by atoms with Gasteiger partial charge < -0.3 is 10.6 Å². The number of carbonyl (C=O) groups is 1. The Morgan fingerprint density at radius 1 is 1.17 bits per heavy atom. The highest BCUT2D eigenvalue weighted by atomic mass is 35.5. The normalized spacial score (nSPS) is 17.0. The third-order valence-corrected chi connectivity index (χ3v) is 5.41. The molecule has 1 atom stereocenters. The Morgan fingerprint density at radius 3 is 2.76 bits per heavy atom. The Labute approximate surface area is 173 Å². The van der Waals surface area contributed by atoms with Gasteiger partial charge in [0.2, 0.25) is 5.91 Å². The lowest BCUT2D eigenvalue weighted by Gasteiger charge is -2.15. The molecule has 1 aliphatic heterocycles. The molecule has 1 saturated heterocycles. The Balaban J connectivity index is 1.66. The lowest BCUT2D eigenvalue weighted by molar-refractivity contribution is -0.122. The molecule has 1 amide bonds. The number of rotatable bonds is 5. The van der Waals surface area contributed by atoms with Crippen LogP contribution in [0.15, 0.2) is 54.7 Å². The first-order chi connectivity index (χ1) is 14.1. The van der Waals surface area contributed by atoms with Crippen molar-refractivity contribution in [3.63, 3.8) is 0 Å². The second-order valence-corrected chi connectivity index (χ2v) is 7.53. The second kappa shape index (κ2) is 8.76. The predicted molar refractivity (Wildman–Crippen MR) is 111 cm³/mol. The van der Waals surface area contributed by atoms with Crippen LogP contribution >= 0.6 is 11.6 Å². The lowest BCUT2D eigenvalue weighted by Crippen LogP contribution is -2.42. The predicted octanol–water partition coefficient (Wildman–Crippen LogP) is 4.09. The van der Waals surface area contributed by atoms with E-state index in [1.807, 2.05) is 30.5 Å². The van der Waals surface area contributed by atoms with Gasteiger partial charge in [0.25, 0.3) is 0 Å². The largest absolute Gasteiger partial charge is 0.355 e. The van der Waals surface area contributed by atoms with Crippen molar-refractivity contribution in [3.05, 3.63) is 71.1 Å². The number of benzene rings is 2. The molecule has 0 unspecified atom stereocenters. The van der Waals surface area contributed by atoms with Crippen molar-refractivity contribution in [1.82, 2.24) is 20.4 Å². The van der Waals surface area contributed by atoms with Gasteiger partial charge in [-0.3, -0.25) is 4.79 Å². The van der Waals surface area contributed by atoms with E-state index in [1.165, 1.54) is 12.1 Å². The van der Waals surface area contributed by atoms with Crippen LogP contribution in [0.4, 0.5) is 4.39 Å². The maximum Gasteiger partial charge on any atom is 0.237 e. The minimum atomic E-state index is -0.298. The van der Waals surface area contributed by atoms with Crippen molar-refractivity contribution in [2.24, 2.45) is 0 Å². The second-order valence-electron chi connectivity index (χ2n) is 7.12. The zero-order valence-electron chi connectivity index (χ0n) is 15.9. The van der Waals surface area contributed by atoms with Crippen LogP contribution < -0.4 is 10.6 Å². The number of nitrogens with zero attached hydrogens (tertiary/aromatic N) is 2. The Morgan fingerprint density at radius 2 is 1.97 bits per heavy atom. The molecule has 150 valence electrons. The molecule has 2 aromatic carbocycles. The first-order valence-electron chi connectivity index (χ1n) is 9.72. The molecular weight excluding hydrogens is 391 g/mol. The minimum Gasteiger partial charge on any atom is -0.355 e. The molecule has 7 heteroatoms. The fraction of sp³-hybridized carbons (Fsp3) is 0.273. The van der Waals surface area contributed by atoms with Crippen molar-refractivity contribution in [2.45, 2.75) is 31.8 Å². The zero-order chi connectivity index (χ0) is 20.2. The summed E-state index contributed by atoms with van der Waals surface area (Å²) < 4.78 is 15.0. The average Bonchev–Trinajstić information content (AvgIpc) is 3.03. The van der Waals surface area contributed by atoms with E-state index in [-0.39, 0.29) is 17.8 Å². The van der Waals surface area contributed by atoms with E-state index in [1.54, 1.807) is 16.8 Å². The molecule has 1 fully saturated rings. The summed E-state index contributed by atoms with van der Waals surface area (Å²) in [6, 6.07) is 13.4. The smallest absolute Gasteiger partial charge is 0.237 e. The van der Waals surface area contributed by atoms with Gasteiger partial charge in [0, 0.05) is 30.4 Å². The summed E-state index contributed by atoms with van der Waals surface area (Å²) in [4.78, 5) is 12.3. The summed E-state index contributed by atoms with van der Waals surface area (Å²) in [5.41, 5.74) is 3.22. The highest BCUT2D eigenvalue weighted by Crippen LogP contribution is 2.30. The van der Waals surface area contributed by atoms with Crippen LogP contribution in [0, 0.1) is 5.82 Å². The summed E-state index contributed by atoms with van der Waals surface area (Å²) in [6.45, 7) is 1.20. The average molecular weight is 413 g/mol. The van der Waals surface area contributed by atoms with Gasteiger partial charge in [-0.25, -0.2) is 9.07 Å². The van der Waals surface area contributed by atoms with Gasteiger partial charge in [-0.2, -0.15) is 5.10 Å². The van der Waals surface area contributed by atoms with Crippen LogP contribution in [-0.2, 0) is 11.3 Å². The van der Waals surface area contributed by atoms with Crippen molar-refractivity contribution < 1.29 is 9.18 Å². The third-order valence-electron chi connectivity index (χ3n) is 5.08. The van der Waals surface area contributed by atoms with Gasteiger partial charge in [0.15, 0.2) is 0 Å². The molecule has 0 bridgehead atoms. The maximum absolute atomic E-state index is 13.3. The van der Waals surface area contributed by atoms with Gasteiger partial charge >= 0.3 is 0 Å². The molecule has 0 aliphatic carbocycles. The third kappa shape index (κ3) is 4.49. The molecule has 1 aliphatic rings. The molecule has 1 aromatic heterocycles. The van der Waals surface area contributed by atoms with E-state index in [0.717, 1.165) is 48.3 Å². The van der Waals surface area contributed by atoms with Crippen LogP contribution in [0.2, 0.25) is 5.02 Å². The summed E-state index contributed by atoms with van der Waals surface area (Å²) in [6.07, 6.45) is 4.70. The van der Waals surface area contributed by atoms with E-state index in [2.05, 4.69) is 10.6 Å². The SMILES string of the molecule is O=C1NCCCC[C@@H]1NCc1cn(-c2ccc(F)cc2)nc1-c1ccccc1Cl. The number of halogens is 2. The fourth-order valence-electron chi connectivity index (χ4n) is 3.51. The van der Waals surface area contributed by atoms with Crippen molar-refractivity contribution in [2.75, 3.05) is 6.54 Å². The first kappa shape index (κ1) is 19.6. The maximum atomic E-state index is 13.3.